The average molecular weight is 409 g/mol. The predicted molar refractivity (Wildman–Crippen MR) is 96.0 cm³/mol. The summed E-state index contributed by atoms with van der Waals surface area (Å²) in [6, 6.07) is 8.90. The summed E-state index contributed by atoms with van der Waals surface area (Å²) in [6.45, 7) is 2.38. The Morgan fingerprint density at radius 3 is 2.75 bits per heavy atom. The predicted octanol–water partition coefficient (Wildman–Crippen LogP) is 3.74. The number of hydrogen-bond acceptors (Lipinski definition) is 3. The molecule has 3 rings (SSSR count). The lowest BCUT2D eigenvalue weighted by atomic mass is 10.2. The molecule has 0 radical (unpaired) electrons. The largest absolute Gasteiger partial charge is 0.307 e. The number of nitrogens with one attached hydrogen (secondary N) is 1. The van der Waals surface area contributed by atoms with Gasteiger partial charge in [-0.25, -0.2) is 0 Å². The molecule has 0 bridgehead atoms. The van der Waals surface area contributed by atoms with Gasteiger partial charge in [0.1, 0.15) is 6.04 Å². The van der Waals surface area contributed by atoms with E-state index in [1.54, 1.807) is 34.7 Å². The first kappa shape index (κ1) is 16.7. The minimum absolute atomic E-state index is 0.178. The van der Waals surface area contributed by atoms with Crippen molar-refractivity contribution in [2.24, 2.45) is 0 Å². The number of hydrogen-bond donors (Lipinski definition) is 1. The van der Waals surface area contributed by atoms with Gasteiger partial charge in [-0.2, -0.15) is 10.2 Å². The molecular weight excluding hydrogens is 394 g/mol. The molecule has 1 N–H and O–H groups in total. The van der Waals surface area contributed by atoms with Gasteiger partial charge in [0.25, 0.3) is 0 Å². The van der Waals surface area contributed by atoms with Gasteiger partial charge >= 0.3 is 0 Å². The molecule has 1 atom stereocenters. The van der Waals surface area contributed by atoms with Gasteiger partial charge in [0.15, 0.2) is 5.82 Å². The molecule has 8 heteroatoms. The van der Waals surface area contributed by atoms with Crippen LogP contribution < -0.4 is 5.32 Å². The average Bonchev–Trinajstić information content (AvgIpc) is 3.18. The third-order valence-electron chi connectivity index (χ3n) is 3.50. The maximum Gasteiger partial charge on any atom is 0.250 e. The van der Waals surface area contributed by atoms with Gasteiger partial charge in [0.2, 0.25) is 5.91 Å². The van der Waals surface area contributed by atoms with Crippen LogP contribution in [-0.2, 0) is 11.3 Å². The van der Waals surface area contributed by atoms with Crippen molar-refractivity contribution >= 4 is 39.3 Å². The summed E-state index contributed by atoms with van der Waals surface area (Å²) < 4.78 is 4.17. The fourth-order valence-corrected chi connectivity index (χ4v) is 2.60. The first-order valence-electron chi connectivity index (χ1n) is 7.30. The van der Waals surface area contributed by atoms with E-state index < -0.39 is 6.04 Å². The standard InChI is InChI=1S/C16H15BrClN5O/c1-11(23-10-13(17)8-19-23)16(24)20-15-6-7-22(21-15)9-12-2-4-14(18)5-3-12/h2-8,10-11H,9H2,1H3,(H,20,21,24). The topological polar surface area (TPSA) is 64.7 Å². The highest BCUT2D eigenvalue weighted by Gasteiger charge is 2.16. The van der Waals surface area contributed by atoms with E-state index in [0.717, 1.165) is 10.0 Å². The molecule has 0 aliphatic heterocycles. The smallest absolute Gasteiger partial charge is 0.250 e. The Labute approximate surface area is 152 Å². The lowest BCUT2D eigenvalue weighted by Gasteiger charge is -2.11. The fraction of sp³-hybridized carbons (Fsp3) is 0.188. The SMILES string of the molecule is CC(C(=O)Nc1ccn(Cc2ccc(Cl)cc2)n1)n1cc(Br)cn1. The first-order chi connectivity index (χ1) is 11.5. The zero-order chi connectivity index (χ0) is 17.1. The Morgan fingerprint density at radius 1 is 1.33 bits per heavy atom. The number of rotatable bonds is 5. The Hall–Kier alpha value is -2.12. The van der Waals surface area contributed by atoms with E-state index in [-0.39, 0.29) is 5.91 Å². The Morgan fingerprint density at radius 2 is 2.08 bits per heavy atom. The van der Waals surface area contributed by atoms with Crippen molar-refractivity contribution in [1.82, 2.24) is 19.6 Å². The highest BCUT2D eigenvalue weighted by atomic mass is 79.9. The molecule has 0 fully saturated rings. The molecule has 2 heterocycles. The van der Waals surface area contributed by atoms with Crippen LogP contribution in [0.25, 0.3) is 0 Å². The van der Waals surface area contributed by atoms with Gasteiger partial charge in [0.05, 0.1) is 17.2 Å². The second-order valence-corrected chi connectivity index (χ2v) is 6.68. The van der Waals surface area contributed by atoms with Crippen molar-refractivity contribution in [1.29, 1.82) is 0 Å². The van der Waals surface area contributed by atoms with Crippen LogP contribution in [0.2, 0.25) is 5.02 Å². The van der Waals surface area contributed by atoms with E-state index in [2.05, 4.69) is 31.4 Å². The monoisotopic (exact) mass is 407 g/mol. The van der Waals surface area contributed by atoms with Gasteiger partial charge in [-0.05, 0) is 40.5 Å². The molecule has 0 aliphatic carbocycles. The van der Waals surface area contributed by atoms with Crippen LogP contribution in [0.1, 0.15) is 18.5 Å². The molecule has 1 unspecified atom stereocenters. The number of amides is 1. The minimum atomic E-state index is -0.433. The molecule has 1 aromatic carbocycles. The van der Waals surface area contributed by atoms with Crippen LogP contribution in [0.3, 0.4) is 0 Å². The molecule has 0 aliphatic rings. The van der Waals surface area contributed by atoms with Crippen molar-refractivity contribution in [3.8, 4) is 0 Å². The Kier molecular flexibility index (Phi) is 5.01. The van der Waals surface area contributed by atoms with Crippen molar-refractivity contribution in [2.75, 3.05) is 5.32 Å². The normalized spacial score (nSPS) is 12.1. The van der Waals surface area contributed by atoms with Gasteiger partial charge < -0.3 is 5.32 Å². The lowest BCUT2D eigenvalue weighted by Crippen LogP contribution is -2.24. The van der Waals surface area contributed by atoms with Crippen LogP contribution in [0.4, 0.5) is 5.82 Å². The molecule has 0 saturated carbocycles. The van der Waals surface area contributed by atoms with E-state index in [0.29, 0.717) is 17.4 Å². The third-order valence-corrected chi connectivity index (χ3v) is 4.16. The summed E-state index contributed by atoms with van der Waals surface area (Å²) in [5.41, 5.74) is 1.08. The first-order valence-corrected chi connectivity index (χ1v) is 8.47. The second-order valence-electron chi connectivity index (χ2n) is 5.33. The zero-order valence-corrected chi connectivity index (χ0v) is 15.2. The number of halogens is 2. The van der Waals surface area contributed by atoms with Crippen molar-refractivity contribution in [3.63, 3.8) is 0 Å². The fourth-order valence-electron chi connectivity index (χ4n) is 2.17. The summed E-state index contributed by atoms with van der Waals surface area (Å²) in [6.07, 6.45) is 5.22. The summed E-state index contributed by atoms with van der Waals surface area (Å²) in [7, 11) is 0. The van der Waals surface area contributed by atoms with Crippen molar-refractivity contribution < 1.29 is 4.79 Å². The van der Waals surface area contributed by atoms with E-state index in [1.807, 2.05) is 30.5 Å². The van der Waals surface area contributed by atoms with Crippen LogP contribution in [-0.4, -0.2) is 25.5 Å². The maximum absolute atomic E-state index is 12.3. The quantitative estimate of drug-likeness (QED) is 0.699. The molecule has 124 valence electrons. The van der Waals surface area contributed by atoms with Gasteiger partial charge in [-0.3, -0.25) is 14.2 Å². The lowest BCUT2D eigenvalue weighted by molar-refractivity contribution is -0.119. The van der Waals surface area contributed by atoms with Crippen LogP contribution >= 0.6 is 27.5 Å². The Balaban J connectivity index is 1.63. The summed E-state index contributed by atoms with van der Waals surface area (Å²) in [4.78, 5) is 12.3. The maximum atomic E-state index is 12.3. The molecule has 0 spiro atoms. The number of nitrogens with zero attached hydrogens (tertiary/aromatic N) is 4. The van der Waals surface area contributed by atoms with Crippen LogP contribution in [0, 0.1) is 0 Å². The zero-order valence-electron chi connectivity index (χ0n) is 12.9. The van der Waals surface area contributed by atoms with Crippen LogP contribution in [0.15, 0.2) is 53.4 Å². The highest BCUT2D eigenvalue weighted by molar-refractivity contribution is 9.10. The number of carbonyl (C=O) groups is 1. The molecule has 24 heavy (non-hydrogen) atoms. The molecule has 2 aromatic heterocycles. The number of anilines is 1. The van der Waals surface area contributed by atoms with Gasteiger partial charge in [0, 0.05) is 23.5 Å². The van der Waals surface area contributed by atoms with E-state index in [9.17, 15) is 4.79 Å². The van der Waals surface area contributed by atoms with E-state index in [4.69, 9.17) is 11.6 Å². The third kappa shape index (κ3) is 4.04. The minimum Gasteiger partial charge on any atom is -0.307 e. The summed E-state index contributed by atoms with van der Waals surface area (Å²) in [5, 5.41) is 12.0. The number of aromatic nitrogens is 4. The summed E-state index contributed by atoms with van der Waals surface area (Å²) in [5.74, 6) is 0.328. The Bertz CT molecular complexity index is 842. The molecule has 1 amide bonds. The van der Waals surface area contributed by atoms with Gasteiger partial charge in [-0.15, -0.1) is 0 Å². The number of benzene rings is 1. The van der Waals surface area contributed by atoms with E-state index >= 15 is 0 Å². The van der Waals surface area contributed by atoms with Gasteiger partial charge in [-0.1, -0.05) is 23.7 Å². The molecule has 0 saturated heterocycles. The van der Waals surface area contributed by atoms with Crippen LogP contribution in [0.5, 0.6) is 0 Å². The number of carbonyl (C=O) groups excluding carboxylic acids is 1. The van der Waals surface area contributed by atoms with Crippen molar-refractivity contribution in [2.45, 2.75) is 19.5 Å². The second kappa shape index (κ2) is 7.19. The van der Waals surface area contributed by atoms with E-state index in [1.165, 1.54) is 0 Å². The highest BCUT2D eigenvalue weighted by Crippen LogP contribution is 2.14. The summed E-state index contributed by atoms with van der Waals surface area (Å²) >= 11 is 9.19. The molecular formula is C16H15BrClN5O. The van der Waals surface area contributed by atoms with Crippen molar-refractivity contribution in [3.05, 3.63) is 64.0 Å². The molecule has 6 nitrogen and oxygen atoms in total. The molecule has 3 aromatic rings.